The van der Waals surface area contributed by atoms with Crippen molar-refractivity contribution >= 4 is 11.6 Å². The number of nitrogens with one attached hydrogen (secondary N) is 1. The van der Waals surface area contributed by atoms with E-state index in [1.807, 2.05) is 34.5 Å². The molecule has 0 saturated carbocycles. The normalized spacial score (nSPS) is 17.5. The average Bonchev–Trinajstić information content (AvgIpc) is 2.58. The van der Waals surface area contributed by atoms with Gasteiger partial charge in [-0.25, -0.2) is 0 Å². The zero-order chi connectivity index (χ0) is 17.7. The van der Waals surface area contributed by atoms with E-state index in [0.29, 0.717) is 26.2 Å². The Morgan fingerprint density at radius 1 is 1.29 bits per heavy atom. The maximum atomic E-state index is 12.2. The van der Waals surface area contributed by atoms with Gasteiger partial charge in [-0.15, -0.1) is 0 Å². The van der Waals surface area contributed by atoms with Crippen molar-refractivity contribution in [1.82, 2.24) is 10.2 Å². The SMILES string of the molecule is COc1cccc(N2CCN(C(C)C(=O)NCC(F)(F)F)CC2)c1. The second kappa shape index (κ2) is 7.74. The van der Waals surface area contributed by atoms with E-state index < -0.39 is 24.7 Å². The molecule has 1 heterocycles. The third-order valence-electron chi connectivity index (χ3n) is 4.12. The highest BCUT2D eigenvalue weighted by atomic mass is 19.4. The van der Waals surface area contributed by atoms with Crippen molar-refractivity contribution in [2.24, 2.45) is 0 Å². The number of benzene rings is 1. The molecule has 1 unspecified atom stereocenters. The first-order chi connectivity index (χ1) is 11.3. The number of anilines is 1. The summed E-state index contributed by atoms with van der Waals surface area (Å²) in [7, 11) is 1.61. The smallest absolute Gasteiger partial charge is 0.405 e. The van der Waals surface area contributed by atoms with Gasteiger partial charge in [-0.05, 0) is 19.1 Å². The fraction of sp³-hybridized carbons (Fsp3) is 0.562. The predicted molar refractivity (Wildman–Crippen MR) is 85.3 cm³/mol. The Labute approximate surface area is 139 Å². The Bertz CT molecular complexity index is 558. The molecule has 1 saturated heterocycles. The highest BCUT2D eigenvalue weighted by Crippen LogP contribution is 2.22. The molecule has 1 fully saturated rings. The van der Waals surface area contributed by atoms with Gasteiger partial charge in [-0.3, -0.25) is 9.69 Å². The number of hydrogen-bond acceptors (Lipinski definition) is 4. The zero-order valence-corrected chi connectivity index (χ0v) is 13.8. The van der Waals surface area contributed by atoms with Gasteiger partial charge in [0.2, 0.25) is 5.91 Å². The van der Waals surface area contributed by atoms with Gasteiger partial charge >= 0.3 is 6.18 Å². The molecule has 1 amide bonds. The summed E-state index contributed by atoms with van der Waals surface area (Å²) < 4.78 is 41.7. The lowest BCUT2D eigenvalue weighted by Gasteiger charge is -2.38. The number of rotatable bonds is 5. The molecule has 5 nitrogen and oxygen atoms in total. The quantitative estimate of drug-likeness (QED) is 0.885. The predicted octanol–water partition coefficient (Wildman–Crippen LogP) is 1.88. The molecule has 1 aliphatic heterocycles. The van der Waals surface area contributed by atoms with Crippen molar-refractivity contribution in [2.75, 3.05) is 44.7 Å². The van der Waals surface area contributed by atoms with E-state index in [1.54, 1.807) is 14.0 Å². The van der Waals surface area contributed by atoms with Crippen LogP contribution in [0.1, 0.15) is 6.92 Å². The first-order valence-corrected chi connectivity index (χ1v) is 7.77. The van der Waals surface area contributed by atoms with Crippen molar-refractivity contribution in [3.63, 3.8) is 0 Å². The molecule has 0 radical (unpaired) electrons. The van der Waals surface area contributed by atoms with Gasteiger partial charge in [0.25, 0.3) is 0 Å². The minimum atomic E-state index is -4.39. The summed E-state index contributed by atoms with van der Waals surface area (Å²) >= 11 is 0. The van der Waals surface area contributed by atoms with Crippen molar-refractivity contribution in [3.8, 4) is 5.75 Å². The molecule has 1 atom stereocenters. The molecule has 2 rings (SSSR count). The van der Waals surface area contributed by atoms with Crippen LogP contribution >= 0.6 is 0 Å². The standard InChI is InChI=1S/C16H22F3N3O2/c1-12(15(23)20-11-16(17,18)19)21-6-8-22(9-7-21)13-4-3-5-14(10-13)24-2/h3-5,10,12H,6-9,11H2,1-2H3,(H,20,23). The fourth-order valence-corrected chi connectivity index (χ4v) is 2.68. The van der Waals surface area contributed by atoms with Crippen LogP contribution in [-0.4, -0.2) is 62.9 Å². The van der Waals surface area contributed by atoms with E-state index in [0.717, 1.165) is 11.4 Å². The van der Waals surface area contributed by atoms with Crippen LogP contribution in [0.15, 0.2) is 24.3 Å². The second-order valence-corrected chi connectivity index (χ2v) is 5.73. The molecule has 0 aromatic heterocycles. The second-order valence-electron chi connectivity index (χ2n) is 5.73. The van der Waals surface area contributed by atoms with E-state index >= 15 is 0 Å². The molecular formula is C16H22F3N3O2. The Hall–Kier alpha value is -1.96. The highest BCUT2D eigenvalue weighted by molar-refractivity contribution is 5.81. The molecule has 1 aromatic rings. The molecule has 24 heavy (non-hydrogen) atoms. The summed E-state index contributed by atoms with van der Waals surface area (Å²) in [6.07, 6.45) is -4.39. The van der Waals surface area contributed by atoms with Gasteiger partial charge in [0.1, 0.15) is 12.3 Å². The molecule has 134 valence electrons. The average molecular weight is 345 g/mol. The van der Waals surface area contributed by atoms with Gasteiger partial charge in [-0.1, -0.05) is 6.07 Å². The molecule has 1 aliphatic rings. The molecule has 1 aromatic carbocycles. The lowest BCUT2D eigenvalue weighted by atomic mass is 10.2. The Morgan fingerprint density at radius 2 is 1.96 bits per heavy atom. The number of hydrogen-bond donors (Lipinski definition) is 1. The maximum absolute atomic E-state index is 12.2. The van der Waals surface area contributed by atoms with Crippen LogP contribution in [0.3, 0.4) is 0 Å². The summed E-state index contributed by atoms with van der Waals surface area (Å²) in [4.78, 5) is 15.9. The summed E-state index contributed by atoms with van der Waals surface area (Å²) in [6.45, 7) is 2.95. The first-order valence-electron chi connectivity index (χ1n) is 7.77. The summed E-state index contributed by atoms with van der Waals surface area (Å²) in [5.74, 6) is 0.178. The van der Waals surface area contributed by atoms with Crippen LogP contribution in [0, 0.1) is 0 Å². The van der Waals surface area contributed by atoms with Crippen LogP contribution in [-0.2, 0) is 4.79 Å². The summed E-state index contributed by atoms with van der Waals surface area (Å²) in [5, 5.41) is 1.94. The number of piperazine rings is 1. The summed E-state index contributed by atoms with van der Waals surface area (Å²) in [5.41, 5.74) is 1.03. The molecular weight excluding hydrogens is 323 g/mol. The number of carbonyl (C=O) groups is 1. The van der Waals surface area contributed by atoms with Crippen LogP contribution in [0.5, 0.6) is 5.75 Å². The number of methoxy groups -OCH3 is 1. The van der Waals surface area contributed by atoms with Gasteiger partial charge in [-0.2, -0.15) is 13.2 Å². The number of ether oxygens (including phenoxy) is 1. The Morgan fingerprint density at radius 3 is 2.54 bits per heavy atom. The van der Waals surface area contributed by atoms with Gasteiger partial charge < -0.3 is 15.0 Å². The van der Waals surface area contributed by atoms with Crippen molar-refractivity contribution < 1.29 is 22.7 Å². The van der Waals surface area contributed by atoms with Crippen LogP contribution in [0.2, 0.25) is 0 Å². The fourth-order valence-electron chi connectivity index (χ4n) is 2.68. The van der Waals surface area contributed by atoms with Crippen molar-refractivity contribution in [3.05, 3.63) is 24.3 Å². The highest BCUT2D eigenvalue weighted by Gasteiger charge is 2.31. The molecule has 0 aliphatic carbocycles. The largest absolute Gasteiger partial charge is 0.497 e. The van der Waals surface area contributed by atoms with E-state index in [9.17, 15) is 18.0 Å². The van der Waals surface area contributed by atoms with Crippen molar-refractivity contribution in [2.45, 2.75) is 19.1 Å². The number of halogens is 3. The van der Waals surface area contributed by atoms with E-state index in [2.05, 4.69) is 4.90 Å². The number of carbonyl (C=O) groups excluding carboxylic acids is 1. The first kappa shape index (κ1) is 18.4. The topological polar surface area (TPSA) is 44.8 Å². The number of nitrogens with zero attached hydrogens (tertiary/aromatic N) is 2. The van der Waals surface area contributed by atoms with Crippen LogP contribution in [0.4, 0.5) is 18.9 Å². The molecule has 0 bridgehead atoms. The Kier molecular flexibility index (Phi) is 5.93. The number of alkyl halides is 3. The zero-order valence-electron chi connectivity index (χ0n) is 13.8. The van der Waals surface area contributed by atoms with E-state index in [4.69, 9.17) is 4.74 Å². The van der Waals surface area contributed by atoms with Gasteiger partial charge in [0, 0.05) is 37.9 Å². The minimum Gasteiger partial charge on any atom is -0.497 e. The monoisotopic (exact) mass is 345 g/mol. The molecule has 1 N–H and O–H groups in total. The third-order valence-corrected chi connectivity index (χ3v) is 4.12. The minimum absolute atomic E-state index is 0.584. The Balaban J connectivity index is 1.86. The number of amides is 1. The third kappa shape index (κ3) is 5.02. The molecule has 8 heteroatoms. The van der Waals surface area contributed by atoms with Crippen molar-refractivity contribution in [1.29, 1.82) is 0 Å². The van der Waals surface area contributed by atoms with Crippen LogP contribution < -0.4 is 15.0 Å². The van der Waals surface area contributed by atoms with E-state index in [1.165, 1.54) is 0 Å². The molecule has 0 spiro atoms. The van der Waals surface area contributed by atoms with Gasteiger partial charge in [0.05, 0.1) is 13.2 Å². The van der Waals surface area contributed by atoms with E-state index in [-0.39, 0.29) is 0 Å². The van der Waals surface area contributed by atoms with Gasteiger partial charge in [0.15, 0.2) is 0 Å². The summed E-state index contributed by atoms with van der Waals surface area (Å²) in [6, 6.07) is 7.12. The lowest BCUT2D eigenvalue weighted by molar-refractivity contribution is -0.141. The lowest BCUT2D eigenvalue weighted by Crippen LogP contribution is -2.54. The maximum Gasteiger partial charge on any atom is 0.405 e. The van der Waals surface area contributed by atoms with Crippen LogP contribution in [0.25, 0.3) is 0 Å².